The van der Waals surface area contributed by atoms with Gasteiger partial charge in [0.2, 0.25) is 0 Å². The third-order valence-electron chi connectivity index (χ3n) is 25.4. The van der Waals surface area contributed by atoms with E-state index in [0.29, 0.717) is 109 Å². The van der Waals surface area contributed by atoms with Crippen LogP contribution >= 0.6 is 165 Å². The second-order valence-electron chi connectivity index (χ2n) is 29.9. The molecule has 0 aliphatic heterocycles. The van der Waals surface area contributed by atoms with Gasteiger partial charge in [-0.1, -0.05) is 115 Å². The summed E-state index contributed by atoms with van der Waals surface area (Å²) in [6, 6.07) is 0. The third-order valence-corrected chi connectivity index (χ3v) is 79.3. The largest absolute Gasteiger partial charge is 0.519 e. The average Bonchev–Trinajstić information content (AvgIpc) is 1.51. The van der Waals surface area contributed by atoms with Gasteiger partial charge in [-0.25, -0.2) is 0 Å². The van der Waals surface area contributed by atoms with Crippen molar-refractivity contribution in [3.05, 3.63) is 0 Å². The summed E-state index contributed by atoms with van der Waals surface area (Å²) < 4.78 is 84.0. The summed E-state index contributed by atoms with van der Waals surface area (Å²) in [5.74, 6) is 3.18. The highest BCUT2D eigenvalue weighted by Crippen LogP contribution is 2.82. The Kier molecular flexibility index (Phi) is 38.6. The Balaban J connectivity index is 1.28. The first-order chi connectivity index (χ1) is 49.1. The fourth-order valence-electron chi connectivity index (χ4n) is 20.8. The van der Waals surface area contributed by atoms with Crippen molar-refractivity contribution in [2.24, 2.45) is 51.2 Å². The molecular formula is C70H134O12S16Si4. The minimum atomic E-state index is -3.30. The molecule has 14 atom stereocenters. The lowest BCUT2D eigenvalue weighted by molar-refractivity contribution is 0.0347. The van der Waals surface area contributed by atoms with Gasteiger partial charge >= 0.3 is 35.2 Å². The molecule has 8 bridgehead atoms. The van der Waals surface area contributed by atoms with Gasteiger partial charge in [0.25, 0.3) is 0 Å². The molecule has 8 aliphatic rings. The summed E-state index contributed by atoms with van der Waals surface area (Å²) in [7, 11) is 19.8. The van der Waals surface area contributed by atoms with Crippen LogP contribution in [0.1, 0.15) is 286 Å². The van der Waals surface area contributed by atoms with Crippen molar-refractivity contribution in [1.29, 1.82) is 0 Å². The normalized spacial score (nSPS) is 33.6. The zero-order chi connectivity index (χ0) is 74.1. The molecule has 8 fully saturated rings. The molecular weight excluding hydrogens is 1660 g/mol. The van der Waals surface area contributed by atoms with E-state index < -0.39 is 38.6 Å². The van der Waals surface area contributed by atoms with Gasteiger partial charge < -0.3 is 53.1 Å². The first-order valence-corrected chi connectivity index (χ1v) is 65.8. The molecule has 0 saturated heterocycles. The van der Waals surface area contributed by atoms with Gasteiger partial charge in [0, 0.05) is 79.3 Å². The van der Waals surface area contributed by atoms with E-state index in [1.807, 2.05) is 78.6 Å². The second-order valence-corrected chi connectivity index (χ2v) is 68.5. The second kappa shape index (κ2) is 42.1. The van der Waals surface area contributed by atoms with E-state index in [1.54, 1.807) is 0 Å². The first kappa shape index (κ1) is 93.5. The summed E-state index contributed by atoms with van der Waals surface area (Å²) in [5.41, 5.74) is 0.274. The van der Waals surface area contributed by atoms with Crippen LogP contribution in [-0.2, 0) is 53.1 Å². The topological polar surface area (TPSA) is 111 Å². The Hall–Kier alpha value is 5.99. The Morgan fingerprint density at radius 2 is 0.549 bits per heavy atom. The van der Waals surface area contributed by atoms with Crippen molar-refractivity contribution in [1.82, 2.24) is 0 Å². The van der Waals surface area contributed by atoms with Crippen molar-refractivity contribution in [3.63, 3.8) is 0 Å². The van der Waals surface area contributed by atoms with E-state index in [2.05, 4.69) is 218 Å². The van der Waals surface area contributed by atoms with Gasteiger partial charge in [0.15, 0.2) is 3.41 Å². The van der Waals surface area contributed by atoms with Crippen molar-refractivity contribution in [3.8, 4) is 0 Å². The Labute approximate surface area is 687 Å². The van der Waals surface area contributed by atoms with E-state index in [0.717, 1.165) is 64.2 Å². The molecule has 0 spiro atoms. The molecule has 598 valence electrons. The summed E-state index contributed by atoms with van der Waals surface area (Å²) in [6.45, 7) is 50.0. The van der Waals surface area contributed by atoms with Gasteiger partial charge in [-0.3, -0.25) is 0 Å². The Morgan fingerprint density at radius 1 is 0.324 bits per heavy atom. The zero-order valence-electron chi connectivity index (χ0n) is 65.8. The van der Waals surface area contributed by atoms with E-state index in [1.165, 1.54) is 89.9 Å². The molecule has 8 rings (SSSR count). The minimum Gasteiger partial charge on any atom is -0.373 e. The SMILES string of the molecule is CCO[Si](OCC)(OCC)C1(SSSSC(C)(CCCC(C)CC)C(SSSSC2([Si](OCC)(OCC)OCC)CC3CCC2(CC)C3)(SSSSC2([Si](OCC)(OCC)OCC)CC3CCC2(CC)C3)SSSSC2([Si](OCC)(OCC)OCC)CC3CCC2(CC)C3)CC2CCC1(CC)C2. The molecule has 12 nitrogen and oxygen atoms in total. The standard InChI is InChI=1S/C70H134O12S16Si4/c1-20-56(18)38-37-43-61(19,83-91-92-84-66(52-57-39-44-62(66,21-2)48-57)99(71-25-6,72-26-7)73-27-8)70(88-96-93-85-67(53-58-40-45-63(67,22-3)49-58)100(74-28-9,75-29-10)76-30-11,89-97-94-86-68(54-59-41-46-64(68,23-4)50-59)101(77-31-12,78-32-13)79-33-14)90-98-95-87-69(55-60-42-47-65(69,24-5)51-60)102(80-34-15,81-35-16)82-36-17/h56-60H,20-55H2,1-19H3. The van der Waals surface area contributed by atoms with Gasteiger partial charge in [0.05, 0.1) is 4.75 Å². The molecule has 32 heteroatoms. The monoisotopic (exact) mass is 1790 g/mol. The van der Waals surface area contributed by atoms with E-state index >= 15 is 0 Å². The molecule has 0 N–H and O–H groups in total. The van der Waals surface area contributed by atoms with Gasteiger partial charge in [0.1, 0.15) is 17.5 Å². The van der Waals surface area contributed by atoms with Crippen LogP contribution < -0.4 is 0 Å². The average molecular weight is 1790 g/mol. The van der Waals surface area contributed by atoms with Crippen LogP contribution in [0.5, 0.6) is 0 Å². The van der Waals surface area contributed by atoms with Crippen molar-refractivity contribution in [2.45, 2.75) is 311 Å². The predicted molar refractivity (Wildman–Crippen MR) is 478 cm³/mol. The van der Waals surface area contributed by atoms with Crippen LogP contribution in [0.15, 0.2) is 0 Å². The maximum Gasteiger partial charge on any atom is 0.519 e. The maximum atomic E-state index is 7.17. The van der Waals surface area contributed by atoms with E-state index in [-0.39, 0.29) is 43.9 Å². The number of rotatable bonds is 58. The fraction of sp³-hybridized carbons (Fsp3) is 1.00. The van der Waals surface area contributed by atoms with E-state index in [9.17, 15) is 0 Å². The Bertz CT molecular complexity index is 2280. The molecule has 0 aromatic carbocycles. The molecule has 0 aromatic rings. The highest BCUT2D eigenvalue weighted by Gasteiger charge is 2.80. The molecule has 8 saturated carbocycles. The predicted octanol–water partition coefficient (Wildman–Crippen LogP) is 27.0. The summed E-state index contributed by atoms with van der Waals surface area (Å²) in [5, 5.41) is 0. The quantitative estimate of drug-likeness (QED) is 0.0249. The van der Waals surface area contributed by atoms with Gasteiger partial charge in [-0.2, -0.15) is 0 Å². The van der Waals surface area contributed by atoms with Crippen LogP contribution in [0.3, 0.4) is 0 Å². The summed E-state index contributed by atoms with van der Waals surface area (Å²) >= 11 is 0. The van der Waals surface area contributed by atoms with Crippen LogP contribution in [-0.4, -0.2) is 140 Å². The lowest BCUT2D eigenvalue weighted by Gasteiger charge is -2.53. The maximum absolute atomic E-state index is 7.17. The van der Waals surface area contributed by atoms with E-state index in [4.69, 9.17) is 53.1 Å². The molecule has 0 amide bonds. The minimum absolute atomic E-state index is 0.0641. The van der Waals surface area contributed by atoms with Crippen LogP contribution in [0, 0.1) is 51.2 Å². The molecule has 0 heterocycles. The zero-order valence-corrected chi connectivity index (χ0v) is 82.8. The summed E-state index contributed by atoms with van der Waals surface area (Å²) in [4.78, 5) is 0. The molecule has 0 aromatic heterocycles. The third kappa shape index (κ3) is 17.8. The summed E-state index contributed by atoms with van der Waals surface area (Å²) in [6.07, 6.45) is 28.0. The molecule has 8 aliphatic carbocycles. The number of hydrogen-bond acceptors (Lipinski definition) is 28. The lowest BCUT2D eigenvalue weighted by Crippen LogP contribution is -2.68. The Morgan fingerprint density at radius 3 is 0.745 bits per heavy atom. The smallest absolute Gasteiger partial charge is 0.373 e. The van der Waals surface area contributed by atoms with Crippen LogP contribution in [0.2, 0.25) is 0 Å². The fourth-order valence-corrected chi connectivity index (χ4v) is 86.2. The van der Waals surface area contributed by atoms with Gasteiger partial charge in [-0.15, -0.1) is 0 Å². The lowest BCUT2D eigenvalue weighted by atomic mass is 9.80. The molecule has 14 unspecified atom stereocenters. The number of fused-ring (bicyclic) bond motifs is 8. The number of hydrogen-bond donors (Lipinski definition) is 0. The van der Waals surface area contributed by atoms with Crippen molar-refractivity contribution < 1.29 is 53.1 Å². The first-order valence-electron chi connectivity index (χ1n) is 39.6. The van der Waals surface area contributed by atoms with Crippen molar-refractivity contribution >= 4 is 200 Å². The molecule has 0 radical (unpaired) electrons. The van der Waals surface area contributed by atoms with Gasteiger partial charge in [-0.05, 0) is 387 Å². The highest BCUT2D eigenvalue weighted by molar-refractivity contribution is 9.33. The highest BCUT2D eigenvalue weighted by atomic mass is 33.7. The van der Waals surface area contributed by atoms with Crippen LogP contribution in [0.25, 0.3) is 0 Å². The van der Waals surface area contributed by atoms with Crippen LogP contribution in [0.4, 0.5) is 0 Å². The molecule has 102 heavy (non-hydrogen) atoms. The van der Waals surface area contributed by atoms with Crippen molar-refractivity contribution in [2.75, 3.05) is 79.3 Å².